The summed E-state index contributed by atoms with van der Waals surface area (Å²) in [5.74, 6) is -0.266. The van der Waals surface area contributed by atoms with Crippen molar-refractivity contribution in [1.29, 1.82) is 0 Å². The number of nitrogens with two attached hydrogens (primary N) is 1. The molecule has 0 aliphatic rings. The van der Waals surface area contributed by atoms with E-state index < -0.39 is 0 Å². The smallest absolute Gasteiger partial charge is 0.239 e. The third-order valence-electron chi connectivity index (χ3n) is 2.33. The van der Waals surface area contributed by atoms with Crippen molar-refractivity contribution in [3.8, 4) is 10.6 Å². The molecule has 2 aromatic rings. The number of benzene rings is 1. The van der Waals surface area contributed by atoms with Crippen molar-refractivity contribution in [2.75, 3.05) is 11.9 Å². The normalized spacial score (nSPS) is 9.84. The number of carbonyl (C=O) groups excluding carboxylic acids is 1. The fourth-order valence-corrected chi connectivity index (χ4v) is 2.41. The van der Waals surface area contributed by atoms with E-state index in [1.807, 2.05) is 26.0 Å². The van der Waals surface area contributed by atoms with Gasteiger partial charge in [0.2, 0.25) is 11.0 Å². The van der Waals surface area contributed by atoms with E-state index in [1.54, 1.807) is 0 Å². The number of hydrogen-bond acceptors (Lipinski definition) is 5. The molecule has 1 aromatic carbocycles. The fraction of sp³-hybridized carbons (Fsp3) is 0.250. The van der Waals surface area contributed by atoms with Crippen LogP contribution in [0.5, 0.6) is 0 Å². The Balaban J connectivity index is 0.00000180. The lowest BCUT2D eigenvalue weighted by Gasteiger charge is -2.00. The quantitative estimate of drug-likeness (QED) is 0.909. The zero-order chi connectivity index (χ0) is 13.1. The van der Waals surface area contributed by atoms with Gasteiger partial charge in [0.1, 0.15) is 5.01 Å². The standard InChI is InChI=1S/C12H14N4OS.ClH/c1-7-3-8(2)5-9(4-7)11-15-16-12(18-11)14-10(17)6-13;/h3-5H,6,13H2,1-2H3,(H,14,16,17);1H. The first-order chi connectivity index (χ1) is 8.58. The van der Waals surface area contributed by atoms with Crippen LogP contribution in [-0.2, 0) is 4.79 Å². The van der Waals surface area contributed by atoms with Gasteiger partial charge in [0.05, 0.1) is 6.54 Å². The molecule has 0 aliphatic carbocycles. The number of rotatable bonds is 3. The Morgan fingerprint density at radius 3 is 2.47 bits per heavy atom. The molecule has 1 heterocycles. The van der Waals surface area contributed by atoms with Crippen molar-refractivity contribution in [3.63, 3.8) is 0 Å². The predicted molar refractivity (Wildman–Crippen MR) is 79.8 cm³/mol. The van der Waals surface area contributed by atoms with Gasteiger partial charge >= 0.3 is 0 Å². The van der Waals surface area contributed by atoms with E-state index in [4.69, 9.17) is 5.73 Å². The topological polar surface area (TPSA) is 80.9 Å². The number of carbonyl (C=O) groups is 1. The highest BCUT2D eigenvalue weighted by Gasteiger charge is 2.09. The largest absolute Gasteiger partial charge is 0.322 e. The number of nitrogens with one attached hydrogen (secondary N) is 1. The minimum Gasteiger partial charge on any atom is -0.322 e. The van der Waals surface area contributed by atoms with Gasteiger partial charge in [-0.15, -0.1) is 22.6 Å². The van der Waals surface area contributed by atoms with Crippen molar-refractivity contribution < 1.29 is 4.79 Å². The first kappa shape index (κ1) is 15.6. The van der Waals surface area contributed by atoms with E-state index in [0.717, 1.165) is 10.6 Å². The number of anilines is 1. The SMILES string of the molecule is Cc1cc(C)cc(-c2nnc(NC(=O)CN)s2)c1.Cl. The van der Waals surface area contributed by atoms with Crippen LogP contribution in [0, 0.1) is 13.8 Å². The summed E-state index contributed by atoms with van der Waals surface area (Å²) in [6.07, 6.45) is 0. The molecule has 1 aromatic heterocycles. The lowest BCUT2D eigenvalue weighted by molar-refractivity contribution is -0.114. The van der Waals surface area contributed by atoms with E-state index >= 15 is 0 Å². The summed E-state index contributed by atoms with van der Waals surface area (Å²) in [5.41, 5.74) is 8.58. The van der Waals surface area contributed by atoms with Crippen molar-refractivity contribution in [3.05, 3.63) is 29.3 Å². The average Bonchev–Trinajstić information content (AvgIpc) is 2.76. The molecule has 0 saturated heterocycles. The summed E-state index contributed by atoms with van der Waals surface area (Å²) in [6.45, 7) is 4.02. The van der Waals surface area contributed by atoms with Gasteiger partial charge in [0.25, 0.3) is 0 Å². The molecule has 102 valence electrons. The zero-order valence-electron chi connectivity index (χ0n) is 10.6. The monoisotopic (exact) mass is 298 g/mol. The highest BCUT2D eigenvalue weighted by atomic mass is 35.5. The number of aryl methyl sites for hydroxylation is 2. The maximum atomic E-state index is 11.1. The lowest BCUT2D eigenvalue weighted by Crippen LogP contribution is -2.21. The highest BCUT2D eigenvalue weighted by molar-refractivity contribution is 7.18. The molecule has 0 saturated carbocycles. The molecular weight excluding hydrogens is 284 g/mol. The molecule has 1 amide bonds. The zero-order valence-corrected chi connectivity index (χ0v) is 12.3. The van der Waals surface area contributed by atoms with Crippen LogP contribution in [0.1, 0.15) is 11.1 Å². The average molecular weight is 299 g/mol. The van der Waals surface area contributed by atoms with E-state index in [-0.39, 0.29) is 24.9 Å². The Hall–Kier alpha value is -1.50. The van der Waals surface area contributed by atoms with E-state index in [1.165, 1.54) is 22.5 Å². The Kier molecular flexibility index (Phi) is 5.41. The highest BCUT2D eigenvalue weighted by Crippen LogP contribution is 2.27. The molecule has 0 fully saturated rings. The molecule has 0 radical (unpaired) electrons. The second kappa shape index (κ2) is 6.60. The summed E-state index contributed by atoms with van der Waals surface area (Å²) in [7, 11) is 0. The van der Waals surface area contributed by atoms with Gasteiger partial charge in [-0.25, -0.2) is 0 Å². The molecule has 0 bridgehead atoms. The Morgan fingerprint density at radius 1 is 1.26 bits per heavy atom. The first-order valence-corrected chi connectivity index (χ1v) is 6.32. The van der Waals surface area contributed by atoms with E-state index in [9.17, 15) is 4.79 Å². The number of hydrogen-bond donors (Lipinski definition) is 2. The molecule has 5 nitrogen and oxygen atoms in total. The van der Waals surface area contributed by atoms with Gasteiger partial charge < -0.3 is 5.73 Å². The Morgan fingerprint density at radius 2 is 1.89 bits per heavy atom. The lowest BCUT2D eigenvalue weighted by atomic mass is 10.1. The van der Waals surface area contributed by atoms with Gasteiger partial charge in [0.15, 0.2) is 0 Å². The van der Waals surface area contributed by atoms with Gasteiger partial charge in [0, 0.05) is 5.56 Å². The van der Waals surface area contributed by atoms with Crippen molar-refractivity contribution >= 4 is 34.8 Å². The van der Waals surface area contributed by atoms with Gasteiger partial charge in [-0.3, -0.25) is 10.1 Å². The molecular formula is C12H15ClN4OS. The van der Waals surface area contributed by atoms with E-state index in [2.05, 4.69) is 21.6 Å². The minimum atomic E-state index is -0.266. The Bertz CT molecular complexity index is 565. The summed E-state index contributed by atoms with van der Waals surface area (Å²) >= 11 is 1.34. The number of aromatic nitrogens is 2. The van der Waals surface area contributed by atoms with Gasteiger partial charge in [-0.2, -0.15) is 0 Å². The van der Waals surface area contributed by atoms with Gasteiger partial charge in [-0.1, -0.05) is 28.5 Å². The minimum absolute atomic E-state index is 0. The third kappa shape index (κ3) is 3.99. The first-order valence-electron chi connectivity index (χ1n) is 5.50. The molecule has 2 rings (SSSR count). The van der Waals surface area contributed by atoms with Crippen molar-refractivity contribution in [2.45, 2.75) is 13.8 Å². The summed E-state index contributed by atoms with van der Waals surface area (Å²) in [6, 6.07) is 6.19. The van der Waals surface area contributed by atoms with Crippen LogP contribution in [0.4, 0.5) is 5.13 Å². The second-order valence-electron chi connectivity index (χ2n) is 4.04. The molecule has 7 heteroatoms. The van der Waals surface area contributed by atoms with Crippen molar-refractivity contribution in [1.82, 2.24) is 10.2 Å². The maximum absolute atomic E-state index is 11.1. The predicted octanol–water partition coefficient (Wildman–Crippen LogP) is 2.14. The van der Waals surface area contributed by atoms with Crippen LogP contribution in [0.3, 0.4) is 0 Å². The summed E-state index contributed by atoms with van der Waals surface area (Å²) < 4.78 is 0. The third-order valence-corrected chi connectivity index (χ3v) is 3.21. The second-order valence-corrected chi connectivity index (χ2v) is 5.02. The van der Waals surface area contributed by atoms with Gasteiger partial charge in [-0.05, 0) is 26.0 Å². The molecule has 0 aliphatic heterocycles. The molecule has 3 N–H and O–H groups in total. The number of amides is 1. The van der Waals surface area contributed by atoms with Crippen LogP contribution in [0.25, 0.3) is 10.6 Å². The van der Waals surface area contributed by atoms with Crippen LogP contribution >= 0.6 is 23.7 Å². The van der Waals surface area contributed by atoms with Crippen molar-refractivity contribution in [2.24, 2.45) is 5.73 Å². The van der Waals surface area contributed by atoms with E-state index in [0.29, 0.717) is 5.13 Å². The van der Waals surface area contributed by atoms with Crippen LogP contribution in [-0.4, -0.2) is 22.6 Å². The fourth-order valence-electron chi connectivity index (χ4n) is 1.66. The number of nitrogens with zero attached hydrogens (tertiary/aromatic N) is 2. The molecule has 19 heavy (non-hydrogen) atoms. The number of halogens is 1. The maximum Gasteiger partial charge on any atom is 0.239 e. The molecule has 0 spiro atoms. The summed E-state index contributed by atoms with van der Waals surface area (Å²) in [4.78, 5) is 11.1. The summed E-state index contributed by atoms with van der Waals surface area (Å²) in [5, 5.41) is 11.8. The van der Waals surface area contributed by atoms with Crippen LogP contribution in [0.2, 0.25) is 0 Å². The van der Waals surface area contributed by atoms with Crippen LogP contribution in [0.15, 0.2) is 18.2 Å². The molecule has 0 unspecified atom stereocenters. The van der Waals surface area contributed by atoms with Crippen LogP contribution < -0.4 is 11.1 Å². The molecule has 0 atom stereocenters. The Labute approximate surface area is 121 Å².